The number of carbonyl (C=O) groups is 1. The van der Waals surface area contributed by atoms with Crippen LogP contribution in [0.25, 0.3) is 6.08 Å². The van der Waals surface area contributed by atoms with Crippen molar-refractivity contribution in [1.82, 2.24) is 9.88 Å². The number of hydrogen-bond acceptors (Lipinski definition) is 5. The van der Waals surface area contributed by atoms with Crippen LogP contribution in [0.2, 0.25) is 0 Å². The molecule has 1 rings (SSSR count). The molecule has 1 heterocycles. The number of rotatable bonds is 4. The molecular weight excluding hydrogens is 281 g/mol. The van der Waals surface area contributed by atoms with Gasteiger partial charge in [-0.1, -0.05) is 0 Å². The molecule has 0 atom stereocenters. The molecule has 1 aromatic heterocycles. The molecule has 0 aliphatic heterocycles. The van der Waals surface area contributed by atoms with Crippen molar-refractivity contribution in [2.75, 3.05) is 20.7 Å². The van der Waals surface area contributed by atoms with Crippen LogP contribution in [0.3, 0.4) is 0 Å². The van der Waals surface area contributed by atoms with Gasteiger partial charge in [-0.2, -0.15) is 13.2 Å². The second-order valence-corrected chi connectivity index (χ2v) is 4.76. The zero-order valence-corrected chi connectivity index (χ0v) is 11.4. The predicted octanol–water partition coefficient (Wildman–Crippen LogP) is 2.87. The zero-order valence-electron chi connectivity index (χ0n) is 10.6. The fourth-order valence-electron chi connectivity index (χ4n) is 1.15. The van der Waals surface area contributed by atoms with E-state index in [0.717, 1.165) is 0 Å². The third-order valence-corrected chi connectivity index (χ3v) is 2.89. The van der Waals surface area contributed by atoms with Crippen molar-refractivity contribution in [3.05, 3.63) is 21.8 Å². The number of ether oxygens (including phenoxy) is 1. The average molecular weight is 294 g/mol. The van der Waals surface area contributed by atoms with E-state index in [0.29, 0.717) is 11.3 Å². The van der Waals surface area contributed by atoms with E-state index >= 15 is 0 Å². The van der Waals surface area contributed by atoms with Crippen molar-refractivity contribution in [3.8, 4) is 0 Å². The lowest BCUT2D eigenvalue weighted by Crippen LogP contribution is -2.13. The highest BCUT2D eigenvalue weighted by atomic mass is 32.1. The molecule has 0 radical (unpaired) electrons. The number of thiazole rings is 1. The SMILES string of the molecule is CCOC(=O)c1sc(C=CN(C)C)nc1C(F)(F)F. The van der Waals surface area contributed by atoms with Gasteiger partial charge in [-0.05, 0) is 13.0 Å². The Kier molecular flexibility index (Phi) is 4.93. The highest BCUT2D eigenvalue weighted by Gasteiger charge is 2.39. The molecular formula is C11H13F3N2O2S. The lowest BCUT2D eigenvalue weighted by molar-refractivity contribution is -0.141. The molecule has 0 unspecified atom stereocenters. The fourth-order valence-corrected chi connectivity index (χ4v) is 2.02. The summed E-state index contributed by atoms with van der Waals surface area (Å²) in [6, 6.07) is 0. The van der Waals surface area contributed by atoms with Gasteiger partial charge >= 0.3 is 12.1 Å². The summed E-state index contributed by atoms with van der Waals surface area (Å²) in [5.41, 5.74) is -1.20. The third-order valence-electron chi connectivity index (χ3n) is 1.89. The van der Waals surface area contributed by atoms with Crippen molar-refractivity contribution in [1.29, 1.82) is 0 Å². The van der Waals surface area contributed by atoms with E-state index in [2.05, 4.69) is 9.72 Å². The van der Waals surface area contributed by atoms with E-state index in [1.165, 1.54) is 13.0 Å². The van der Waals surface area contributed by atoms with Crippen LogP contribution in [0.5, 0.6) is 0 Å². The van der Waals surface area contributed by atoms with E-state index in [4.69, 9.17) is 0 Å². The molecule has 0 amide bonds. The Morgan fingerprint density at radius 2 is 2.11 bits per heavy atom. The second kappa shape index (κ2) is 6.05. The molecule has 0 aliphatic rings. The number of halogens is 3. The number of alkyl halides is 3. The third kappa shape index (κ3) is 4.23. The van der Waals surface area contributed by atoms with Gasteiger partial charge in [0.25, 0.3) is 0 Å². The van der Waals surface area contributed by atoms with E-state index in [1.54, 1.807) is 25.2 Å². The quantitative estimate of drug-likeness (QED) is 0.801. The summed E-state index contributed by atoms with van der Waals surface area (Å²) in [6.45, 7) is 1.54. The molecule has 4 nitrogen and oxygen atoms in total. The highest BCUT2D eigenvalue weighted by Crippen LogP contribution is 2.35. The first kappa shape index (κ1) is 15.5. The number of carbonyl (C=O) groups excluding carboxylic acids is 1. The van der Waals surface area contributed by atoms with Crippen LogP contribution in [0, 0.1) is 0 Å². The first-order valence-electron chi connectivity index (χ1n) is 5.35. The molecule has 1 aromatic rings. The number of nitrogens with zero attached hydrogens (tertiary/aromatic N) is 2. The van der Waals surface area contributed by atoms with Gasteiger partial charge in [0.1, 0.15) is 9.88 Å². The van der Waals surface area contributed by atoms with E-state index in [-0.39, 0.29) is 11.6 Å². The predicted molar refractivity (Wildman–Crippen MR) is 65.8 cm³/mol. The minimum absolute atomic E-state index is 0.0108. The van der Waals surface area contributed by atoms with Gasteiger partial charge in [-0.3, -0.25) is 0 Å². The zero-order chi connectivity index (χ0) is 14.6. The fraction of sp³-hybridized carbons (Fsp3) is 0.455. The maximum Gasteiger partial charge on any atom is 0.435 e. The largest absolute Gasteiger partial charge is 0.462 e. The van der Waals surface area contributed by atoms with Crippen molar-refractivity contribution in [2.45, 2.75) is 13.1 Å². The molecule has 0 aromatic carbocycles. The van der Waals surface area contributed by atoms with Gasteiger partial charge in [0, 0.05) is 20.3 Å². The number of esters is 1. The van der Waals surface area contributed by atoms with Crippen LogP contribution < -0.4 is 0 Å². The van der Waals surface area contributed by atoms with Gasteiger partial charge in [0.2, 0.25) is 0 Å². The molecule has 0 saturated heterocycles. The van der Waals surface area contributed by atoms with Crippen molar-refractivity contribution in [2.24, 2.45) is 0 Å². The molecule has 0 spiro atoms. The molecule has 0 saturated carbocycles. The number of hydrogen-bond donors (Lipinski definition) is 0. The lowest BCUT2D eigenvalue weighted by Gasteiger charge is -2.05. The summed E-state index contributed by atoms with van der Waals surface area (Å²) < 4.78 is 42.9. The van der Waals surface area contributed by atoms with Crippen molar-refractivity contribution in [3.63, 3.8) is 0 Å². The second-order valence-electron chi connectivity index (χ2n) is 3.73. The van der Waals surface area contributed by atoms with Gasteiger partial charge in [-0.15, -0.1) is 11.3 Å². The molecule has 8 heteroatoms. The van der Waals surface area contributed by atoms with E-state index in [9.17, 15) is 18.0 Å². The molecule has 0 fully saturated rings. The molecule has 0 N–H and O–H groups in total. The Labute approximate surface area is 112 Å². The lowest BCUT2D eigenvalue weighted by atomic mass is 10.3. The summed E-state index contributed by atoms with van der Waals surface area (Å²) in [6.07, 6.45) is -1.72. The minimum atomic E-state index is -4.68. The Morgan fingerprint density at radius 3 is 2.58 bits per heavy atom. The summed E-state index contributed by atoms with van der Waals surface area (Å²) in [4.78, 5) is 16.0. The summed E-state index contributed by atoms with van der Waals surface area (Å²) >= 11 is 0.657. The molecule has 106 valence electrons. The summed E-state index contributed by atoms with van der Waals surface area (Å²) in [7, 11) is 3.45. The first-order chi connectivity index (χ1) is 8.75. The Balaban J connectivity index is 3.17. The van der Waals surface area contributed by atoms with Gasteiger partial charge in [0.05, 0.1) is 6.61 Å². The van der Waals surface area contributed by atoms with Crippen molar-refractivity contribution < 1.29 is 22.7 Å². The summed E-state index contributed by atoms with van der Waals surface area (Å²) in [5, 5.41) is 0.101. The Morgan fingerprint density at radius 1 is 1.47 bits per heavy atom. The topological polar surface area (TPSA) is 42.4 Å². The van der Waals surface area contributed by atoms with Crippen LogP contribution in [0.1, 0.15) is 27.3 Å². The van der Waals surface area contributed by atoms with Gasteiger partial charge in [-0.25, -0.2) is 9.78 Å². The molecule has 19 heavy (non-hydrogen) atoms. The smallest absolute Gasteiger partial charge is 0.435 e. The maximum atomic E-state index is 12.8. The van der Waals surface area contributed by atoms with Crippen LogP contribution >= 0.6 is 11.3 Å². The van der Waals surface area contributed by atoms with Gasteiger partial charge < -0.3 is 9.64 Å². The molecule has 0 aliphatic carbocycles. The minimum Gasteiger partial charge on any atom is -0.462 e. The normalized spacial score (nSPS) is 11.9. The van der Waals surface area contributed by atoms with Crippen LogP contribution in [-0.2, 0) is 10.9 Å². The average Bonchev–Trinajstić information content (AvgIpc) is 2.70. The highest BCUT2D eigenvalue weighted by molar-refractivity contribution is 7.14. The Hall–Kier alpha value is -1.57. The van der Waals surface area contributed by atoms with E-state index < -0.39 is 22.7 Å². The maximum absolute atomic E-state index is 12.8. The van der Waals surface area contributed by atoms with Gasteiger partial charge in [0.15, 0.2) is 5.69 Å². The van der Waals surface area contributed by atoms with Crippen molar-refractivity contribution >= 4 is 23.4 Å². The van der Waals surface area contributed by atoms with Crippen LogP contribution in [0.4, 0.5) is 13.2 Å². The van der Waals surface area contributed by atoms with Crippen LogP contribution in [-0.4, -0.2) is 36.6 Å². The monoisotopic (exact) mass is 294 g/mol. The Bertz CT molecular complexity index is 481. The standard InChI is InChI=1S/C11H13F3N2O2S/c1-4-18-10(17)8-9(11(12,13)14)15-7(19-8)5-6-16(2)3/h5-6H,4H2,1-3H3. The molecule has 0 bridgehead atoms. The van der Waals surface area contributed by atoms with Crippen LogP contribution in [0.15, 0.2) is 6.20 Å². The first-order valence-corrected chi connectivity index (χ1v) is 6.17. The number of aromatic nitrogens is 1. The summed E-state index contributed by atoms with van der Waals surface area (Å²) in [5.74, 6) is -1.00. The van der Waals surface area contributed by atoms with E-state index in [1.807, 2.05) is 0 Å².